The van der Waals surface area contributed by atoms with Crippen LogP contribution in [0.4, 0.5) is 11.4 Å². The number of fused-ring (bicyclic) bond motifs is 1. The van der Waals surface area contributed by atoms with E-state index in [1.807, 2.05) is 0 Å². The highest BCUT2D eigenvalue weighted by Crippen LogP contribution is 2.35. The summed E-state index contributed by atoms with van der Waals surface area (Å²) in [6.07, 6.45) is 0. The zero-order valence-corrected chi connectivity index (χ0v) is 10.5. The van der Waals surface area contributed by atoms with Gasteiger partial charge in [0.2, 0.25) is 10.0 Å². The number of rotatable bonds is 3. The Labute approximate surface area is 112 Å². The van der Waals surface area contributed by atoms with Gasteiger partial charge in [-0.15, -0.1) is 0 Å². The van der Waals surface area contributed by atoms with Crippen LogP contribution in [0.5, 0.6) is 0 Å². The molecule has 0 bridgehead atoms. The Morgan fingerprint density at radius 2 is 1.60 bits per heavy atom. The van der Waals surface area contributed by atoms with Crippen molar-refractivity contribution in [3.63, 3.8) is 0 Å². The van der Waals surface area contributed by atoms with Crippen molar-refractivity contribution >= 4 is 32.2 Å². The number of nitrogens with zero attached hydrogens (tertiary/aromatic N) is 2. The van der Waals surface area contributed by atoms with E-state index in [4.69, 9.17) is 5.14 Å². The Morgan fingerprint density at radius 1 is 1.00 bits per heavy atom. The zero-order chi connectivity index (χ0) is 15.1. The van der Waals surface area contributed by atoms with Crippen LogP contribution in [0, 0.1) is 20.2 Å². The molecular formula is C10H7N3O6S. The first kappa shape index (κ1) is 13.8. The summed E-state index contributed by atoms with van der Waals surface area (Å²) in [4.78, 5) is 19.8. The molecule has 0 radical (unpaired) electrons. The quantitative estimate of drug-likeness (QED) is 0.667. The van der Waals surface area contributed by atoms with Crippen molar-refractivity contribution < 1.29 is 18.3 Å². The monoisotopic (exact) mass is 297 g/mol. The molecule has 10 heteroatoms. The average Bonchev–Trinajstić information content (AvgIpc) is 2.35. The van der Waals surface area contributed by atoms with Gasteiger partial charge in [-0.1, -0.05) is 12.1 Å². The van der Waals surface area contributed by atoms with Crippen LogP contribution in [-0.2, 0) is 10.0 Å². The molecule has 0 spiro atoms. The van der Waals surface area contributed by atoms with E-state index in [0.29, 0.717) is 6.07 Å². The number of hydrogen-bond acceptors (Lipinski definition) is 6. The van der Waals surface area contributed by atoms with Gasteiger partial charge in [-0.25, -0.2) is 13.6 Å². The highest BCUT2D eigenvalue weighted by atomic mass is 32.2. The van der Waals surface area contributed by atoms with Crippen molar-refractivity contribution in [3.05, 3.63) is 50.6 Å². The lowest BCUT2D eigenvalue weighted by Gasteiger charge is -2.04. The molecule has 0 amide bonds. The van der Waals surface area contributed by atoms with E-state index in [-0.39, 0.29) is 10.8 Å². The molecule has 0 heterocycles. The van der Waals surface area contributed by atoms with Gasteiger partial charge in [0.05, 0.1) is 14.7 Å². The van der Waals surface area contributed by atoms with Crippen molar-refractivity contribution in [3.8, 4) is 0 Å². The molecule has 2 rings (SSSR count). The summed E-state index contributed by atoms with van der Waals surface area (Å²) in [5.41, 5.74) is -1.16. The fourth-order valence-corrected chi connectivity index (χ4v) is 2.39. The zero-order valence-electron chi connectivity index (χ0n) is 9.72. The number of hydrogen-bond donors (Lipinski definition) is 1. The predicted molar refractivity (Wildman–Crippen MR) is 68.6 cm³/mol. The highest BCUT2D eigenvalue weighted by molar-refractivity contribution is 7.89. The van der Waals surface area contributed by atoms with Crippen LogP contribution in [0.2, 0.25) is 0 Å². The molecule has 9 nitrogen and oxygen atoms in total. The molecule has 20 heavy (non-hydrogen) atoms. The van der Waals surface area contributed by atoms with Gasteiger partial charge < -0.3 is 0 Å². The normalized spacial score (nSPS) is 11.4. The Morgan fingerprint density at radius 3 is 2.10 bits per heavy atom. The maximum Gasteiger partial charge on any atom is 0.285 e. The lowest BCUT2D eigenvalue weighted by atomic mass is 10.1. The molecule has 0 saturated carbocycles. The number of nitrogens with two attached hydrogens (primary N) is 1. The lowest BCUT2D eigenvalue weighted by Crippen LogP contribution is -2.12. The van der Waals surface area contributed by atoms with E-state index in [9.17, 15) is 28.6 Å². The van der Waals surface area contributed by atoms with Gasteiger partial charge in [0, 0.05) is 12.1 Å². The van der Waals surface area contributed by atoms with E-state index in [1.54, 1.807) is 0 Å². The highest BCUT2D eigenvalue weighted by Gasteiger charge is 2.25. The summed E-state index contributed by atoms with van der Waals surface area (Å²) in [6, 6.07) is 5.52. The molecule has 0 atom stereocenters. The minimum atomic E-state index is -4.16. The number of nitro benzene ring substituents is 2. The van der Waals surface area contributed by atoms with E-state index < -0.39 is 36.1 Å². The third-order valence-electron chi connectivity index (χ3n) is 2.63. The van der Waals surface area contributed by atoms with Crippen molar-refractivity contribution in [2.75, 3.05) is 0 Å². The molecule has 104 valence electrons. The Balaban J connectivity index is 3.01. The summed E-state index contributed by atoms with van der Waals surface area (Å²) in [6.45, 7) is 0. The summed E-state index contributed by atoms with van der Waals surface area (Å²) in [5.74, 6) is 0. The van der Waals surface area contributed by atoms with Gasteiger partial charge in [0.1, 0.15) is 5.39 Å². The van der Waals surface area contributed by atoms with Crippen LogP contribution < -0.4 is 5.14 Å². The van der Waals surface area contributed by atoms with E-state index >= 15 is 0 Å². The SMILES string of the molecule is NS(=O)(=O)c1cc([N+](=O)[O-])c2c([N+](=O)[O-])cccc2c1. The van der Waals surface area contributed by atoms with Crippen molar-refractivity contribution in [1.82, 2.24) is 0 Å². The molecule has 2 N–H and O–H groups in total. The van der Waals surface area contributed by atoms with Gasteiger partial charge in [-0.2, -0.15) is 0 Å². The molecule has 0 aromatic heterocycles. The fraction of sp³-hybridized carbons (Fsp3) is 0. The Hall–Kier alpha value is -2.59. The maximum absolute atomic E-state index is 11.3. The topological polar surface area (TPSA) is 146 Å². The Bertz CT molecular complexity index is 845. The number of non-ortho nitro benzene ring substituents is 2. The molecule has 0 aliphatic carbocycles. The third-order valence-corrected chi connectivity index (χ3v) is 3.52. The number of primary sulfonamides is 1. The second kappa shape index (κ2) is 4.51. The smallest absolute Gasteiger partial charge is 0.258 e. The number of sulfonamides is 1. The molecule has 2 aromatic rings. The fourth-order valence-electron chi connectivity index (χ4n) is 1.82. The third kappa shape index (κ3) is 2.29. The summed E-state index contributed by atoms with van der Waals surface area (Å²) in [5, 5.41) is 26.7. The van der Waals surface area contributed by atoms with Gasteiger partial charge in [-0.05, 0) is 11.5 Å². The maximum atomic E-state index is 11.3. The van der Waals surface area contributed by atoms with Gasteiger partial charge in [-0.3, -0.25) is 20.2 Å². The second-order valence-corrected chi connectivity index (χ2v) is 5.44. The molecular weight excluding hydrogens is 290 g/mol. The second-order valence-electron chi connectivity index (χ2n) is 3.88. The first-order valence-electron chi connectivity index (χ1n) is 5.10. The van der Waals surface area contributed by atoms with Crippen LogP contribution >= 0.6 is 0 Å². The van der Waals surface area contributed by atoms with Gasteiger partial charge >= 0.3 is 0 Å². The molecule has 2 aromatic carbocycles. The summed E-state index contributed by atoms with van der Waals surface area (Å²) in [7, 11) is -4.16. The van der Waals surface area contributed by atoms with Crippen LogP contribution in [0.1, 0.15) is 0 Å². The van der Waals surface area contributed by atoms with Crippen LogP contribution in [-0.4, -0.2) is 18.3 Å². The molecule has 0 saturated heterocycles. The Kier molecular flexibility index (Phi) is 3.12. The van der Waals surface area contributed by atoms with Crippen molar-refractivity contribution in [2.45, 2.75) is 4.90 Å². The summed E-state index contributed by atoms with van der Waals surface area (Å²) >= 11 is 0. The first-order valence-corrected chi connectivity index (χ1v) is 6.65. The standard InChI is InChI=1S/C10H7N3O6S/c11-20(18,19)7-4-6-2-1-3-8(12(14)15)10(6)9(5-7)13(16)17/h1-5H,(H2,11,18,19). The molecule has 0 unspecified atom stereocenters. The number of benzene rings is 2. The lowest BCUT2D eigenvalue weighted by molar-refractivity contribution is -0.390. The van der Waals surface area contributed by atoms with E-state index in [2.05, 4.69) is 0 Å². The molecule has 0 fully saturated rings. The van der Waals surface area contributed by atoms with E-state index in [1.165, 1.54) is 12.1 Å². The molecule has 0 aliphatic rings. The van der Waals surface area contributed by atoms with Crippen molar-refractivity contribution in [2.24, 2.45) is 5.14 Å². The van der Waals surface area contributed by atoms with Gasteiger partial charge in [0.25, 0.3) is 11.4 Å². The van der Waals surface area contributed by atoms with E-state index in [0.717, 1.165) is 12.1 Å². The largest absolute Gasteiger partial charge is 0.285 e. The minimum absolute atomic E-state index is 0.0532. The molecule has 0 aliphatic heterocycles. The van der Waals surface area contributed by atoms with Gasteiger partial charge in [0.15, 0.2) is 0 Å². The average molecular weight is 297 g/mol. The first-order chi connectivity index (χ1) is 9.21. The predicted octanol–water partition coefficient (Wildman–Crippen LogP) is 1.30. The summed E-state index contributed by atoms with van der Waals surface area (Å²) < 4.78 is 22.6. The van der Waals surface area contributed by atoms with Crippen LogP contribution in [0.25, 0.3) is 10.8 Å². The van der Waals surface area contributed by atoms with Crippen LogP contribution in [0.15, 0.2) is 35.2 Å². The van der Waals surface area contributed by atoms with Crippen LogP contribution in [0.3, 0.4) is 0 Å². The minimum Gasteiger partial charge on any atom is -0.258 e. The van der Waals surface area contributed by atoms with Crippen molar-refractivity contribution in [1.29, 1.82) is 0 Å². The number of nitro groups is 2.